The van der Waals surface area contributed by atoms with E-state index >= 15 is 0 Å². The first-order valence-electron chi connectivity index (χ1n) is 16.4. The normalized spacial score (nSPS) is 14.1. The average molecular weight is 688 g/mol. The number of hydrogen-bond donors (Lipinski definition) is 1. The quantitative estimate of drug-likeness (QED) is 0.154. The van der Waals surface area contributed by atoms with E-state index in [-0.39, 0.29) is 29.1 Å². The molecule has 0 bridgehead atoms. The first-order valence-corrected chi connectivity index (χ1v) is 18.2. The molecule has 1 fully saturated rings. The fraction of sp³-hybridized carbons (Fsp3) is 0.316. The zero-order valence-corrected chi connectivity index (χ0v) is 28.9. The van der Waals surface area contributed by atoms with E-state index in [0.29, 0.717) is 28.5 Å². The van der Waals surface area contributed by atoms with Gasteiger partial charge in [0.05, 0.1) is 10.6 Å². The summed E-state index contributed by atoms with van der Waals surface area (Å²) in [5.74, 6) is 0.368. The van der Waals surface area contributed by atoms with E-state index in [9.17, 15) is 18.0 Å². The van der Waals surface area contributed by atoms with E-state index in [1.165, 1.54) is 17.0 Å². The number of aryl methyl sites for hydroxylation is 1. The van der Waals surface area contributed by atoms with E-state index in [2.05, 4.69) is 5.32 Å². The van der Waals surface area contributed by atoms with Gasteiger partial charge in [0.15, 0.2) is 0 Å². The van der Waals surface area contributed by atoms with Crippen LogP contribution in [0.1, 0.15) is 56.6 Å². The summed E-state index contributed by atoms with van der Waals surface area (Å²) in [5, 5.41) is 3.62. The van der Waals surface area contributed by atoms with Crippen molar-refractivity contribution in [3.8, 4) is 11.5 Å². The molecule has 2 amide bonds. The number of halogens is 1. The highest BCUT2D eigenvalue weighted by Gasteiger charge is 2.34. The Morgan fingerprint density at radius 3 is 2.12 bits per heavy atom. The fourth-order valence-corrected chi connectivity index (χ4v) is 7.55. The van der Waals surface area contributed by atoms with E-state index in [1.807, 2.05) is 50.2 Å². The largest absolute Gasteiger partial charge is 0.457 e. The minimum Gasteiger partial charge on any atom is -0.457 e. The molecule has 1 aliphatic carbocycles. The molecule has 1 N–H and O–H groups in total. The van der Waals surface area contributed by atoms with Crippen LogP contribution in [-0.4, -0.2) is 43.8 Å². The lowest BCUT2D eigenvalue weighted by Gasteiger charge is -2.34. The number of nitrogens with one attached hydrogen (secondary N) is 1. The van der Waals surface area contributed by atoms with Gasteiger partial charge in [0.1, 0.15) is 24.1 Å². The van der Waals surface area contributed by atoms with Crippen LogP contribution in [0.25, 0.3) is 0 Å². The van der Waals surface area contributed by atoms with Crippen LogP contribution in [0.3, 0.4) is 0 Å². The standard InChI is InChI=1S/C38H42ClN3O5S/c1-3-36(38(44)40-30-13-6-4-7-14-30)41(26-29-12-10-11-17-35(29)39)37(43)27-42(48(45,46)34-24-18-28(2)19-25-34)31-20-22-33(23-21-31)47-32-15-8-5-9-16-32/h5,8-12,15-25,30,36H,3-4,6-7,13-14,26-27H2,1-2H3,(H,40,44)/t36-/m0/s1. The fourth-order valence-electron chi connectivity index (χ4n) is 5.95. The second kappa shape index (κ2) is 16.2. The molecule has 5 rings (SSSR count). The molecule has 252 valence electrons. The zero-order chi connectivity index (χ0) is 34.1. The molecule has 1 aliphatic rings. The molecule has 0 aliphatic heterocycles. The second-order valence-corrected chi connectivity index (χ2v) is 14.4. The molecular weight excluding hydrogens is 646 g/mol. The third-order valence-electron chi connectivity index (χ3n) is 8.63. The predicted molar refractivity (Wildman–Crippen MR) is 190 cm³/mol. The van der Waals surface area contributed by atoms with Gasteiger partial charge in [-0.25, -0.2) is 8.42 Å². The van der Waals surface area contributed by atoms with Crippen molar-refractivity contribution in [3.05, 3.63) is 119 Å². The maximum atomic E-state index is 14.5. The van der Waals surface area contributed by atoms with Gasteiger partial charge in [-0.05, 0) is 86.3 Å². The molecule has 0 saturated heterocycles. The Bertz CT molecular complexity index is 1780. The number of hydrogen-bond acceptors (Lipinski definition) is 5. The van der Waals surface area contributed by atoms with E-state index in [4.69, 9.17) is 16.3 Å². The number of nitrogens with zero attached hydrogens (tertiary/aromatic N) is 2. The van der Waals surface area contributed by atoms with Gasteiger partial charge < -0.3 is 15.0 Å². The summed E-state index contributed by atoms with van der Waals surface area (Å²) < 4.78 is 35.5. The Hall–Kier alpha value is -4.34. The molecule has 0 spiro atoms. The maximum Gasteiger partial charge on any atom is 0.264 e. The van der Waals surface area contributed by atoms with Crippen LogP contribution in [0, 0.1) is 6.92 Å². The van der Waals surface area contributed by atoms with Gasteiger partial charge in [0.25, 0.3) is 10.0 Å². The average Bonchev–Trinajstić information content (AvgIpc) is 3.09. The Labute approximate surface area is 288 Å². The highest BCUT2D eigenvalue weighted by molar-refractivity contribution is 7.92. The van der Waals surface area contributed by atoms with Crippen molar-refractivity contribution in [1.82, 2.24) is 10.2 Å². The summed E-state index contributed by atoms with van der Waals surface area (Å²) >= 11 is 6.54. The number of amides is 2. The minimum absolute atomic E-state index is 0.0391. The van der Waals surface area contributed by atoms with Crippen molar-refractivity contribution in [1.29, 1.82) is 0 Å². The number of benzene rings is 4. The molecule has 0 aromatic heterocycles. The Kier molecular flexibility index (Phi) is 11.8. The van der Waals surface area contributed by atoms with Crippen molar-refractivity contribution in [2.75, 3.05) is 10.8 Å². The van der Waals surface area contributed by atoms with Gasteiger partial charge in [-0.2, -0.15) is 0 Å². The first kappa shape index (κ1) is 35.0. The molecule has 0 unspecified atom stereocenters. The van der Waals surface area contributed by atoms with Gasteiger partial charge in [0.2, 0.25) is 11.8 Å². The molecule has 1 saturated carbocycles. The topological polar surface area (TPSA) is 96.0 Å². The summed E-state index contributed by atoms with van der Waals surface area (Å²) in [4.78, 5) is 29.7. The first-order chi connectivity index (χ1) is 23.2. The Morgan fingerprint density at radius 2 is 1.48 bits per heavy atom. The summed E-state index contributed by atoms with van der Waals surface area (Å²) in [7, 11) is -4.21. The van der Waals surface area contributed by atoms with Crippen molar-refractivity contribution in [2.45, 2.75) is 75.9 Å². The van der Waals surface area contributed by atoms with Crippen molar-refractivity contribution in [3.63, 3.8) is 0 Å². The number of carbonyl (C=O) groups is 2. The van der Waals surface area contributed by atoms with Crippen molar-refractivity contribution >= 4 is 39.1 Å². The van der Waals surface area contributed by atoms with Crippen LogP contribution in [-0.2, 0) is 26.2 Å². The van der Waals surface area contributed by atoms with Crippen LogP contribution >= 0.6 is 11.6 Å². The monoisotopic (exact) mass is 687 g/mol. The molecule has 48 heavy (non-hydrogen) atoms. The molecule has 10 heteroatoms. The lowest BCUT2D eigenvalue weighted by atomic mass is 9.95. The van der Waals surface area contributed by atoms with Crippen molar-refractivity contribution < 1.29 is 22.7 Å². The van der Waals surface area contributed by atoms with E-state index in [0.717, 1.165) is 42.0 Å². The van der Waals surface area contributed by atoms with E-state index < -0.39 is 28.5 Å². The zero-order valence-electron chi connectivity index (χ0n) is 27.3. The number of para-hydroxylation sites is 1. The van der Waals surface area contributed by atoms with Crippen LogP contribution in [0.5, 0.6) is 11.5 Å². The Morgan fingerprint density at radius 1 is 0.854 bits per heavy atom. The van der Waals surface area contributed by atoms with Gasteiger partial charge >= 0.3 is 0 Å². The number of rotatable bonds is 13. The van der Waals surface area contributed by atoms with Crippen LogP contribution < -0.4 is 14.4 Å². The summed E-state index contributed by atoms with van der Waals surface area (Å²) in [5.41, 5.74) is 1.84. The van der Waals surface area contributed by atoms with Gasteiger partial charge in [-0.1, -0.05) is 91.9 Å². The summed E-state index contributed by atoms with van der Waals surface area (Å²) in [6.45, 7) is 3.23. The summed E-state index contributed by atoms with van der Waals surface area (Å²) in [6, 6.07) is 28.7. The lowest BCUT2D eigenvalue weighted by molar-refractivity contribution is -0.140. The third kappa shape index (κ3) is 8.76. The highest BCUT2D eigenvalue weighted by atomic mass is 35.5. The molecule has 8 nitrogen and oxygen atoms in total. The SMILES string of the molecule is CC[C@@H](C(=O)NC1CCCCC1)N(Cc1ccccc1Cl)C(=O)CN(c1ccc(Oc2ccccc2)cc1)S(=O)(=O)c1ccc(C)cc1. The molecule has 0 heterocycles. The Balaban J connectivity index is 1.49. The molecule has 0 radical (unpaired) electrons. The van der Waals surface area contributed by atoms with Crippen molar-refractivity contribution in [2.24, 2.45) is 0 Å². The summed E-state index contributed by atoms with van der Waals surface area (Å²) in [6.07, 6.45) is 5.37. The molecule has 1 atom stereocenters. The number of anilines is 1. The van der Waals surface area contributed by atoms with Crippen LogP contribution in [0.4, 0.5) is 5.69 Å². The predicted octanol–water partition coefficient (Wildman–Crippen LogP) is 7.89. The maximum absolute atomic E-state index is 14.5. The number of ether oxygens (including phenoxy) is 1. The highest BCUT2D eigenvalue weighted by Crippen LogP contribution is 2.29. The third-order valence-corrected chi connectivity index (χ3v) is 10.8. The van der Waals surface area contributed by atoms with Crippen LogP contribution in [0.2, 0.25) is 5.02 Å². The van der Waals surface area contributed by atoms with E-state index in [1.54, 1.807) is 54.6 Å². The minimum atomic E-state index is -4.21. The molecular formula is C38H42ClN3O5S. The number of carbonyl (C=O) groups excluding carboxylic acids is 2. The van der Waals surface area contributed by atoms with Gasteiger partial charge in [-0.15, -0.1) is 0 Å². The second-order valence-electron chi connectivity index (χ2n) is 12.1. The van der Waals surface area contributed by atoms with Crippen LogP contribution in [0.15, 0.2) is 108 Å². The smallest absolute Gasteiger partial charge is 0.264 e. The molecule has 4 aromatic rings. The van der Waals surface area contributed by atoms with Gasteiger partial charge in [0, 0.05) is 17.6 Å². The molecule has 4 aromatic carbocycles. The van der Waals surface area contributed by atoms with Gasteiger partial charge in [-0.3, -0.25) is 13.9 Å². The number of sulfonamides is 1. The lowest BCUT2D eigenvalue weighted by Crippen LogP contribution is -2.54.